The number of aryl methyl sites for hydroxylation is 2. The molecule has 31 heavy (non-hydrogen) atoms. The second-order valence-corrected chi connectivity index (χ2v) is 7.94. The summed E-state index contributed by atoms with van der Waals surface area (Å²) in [7, 11) is 0. The average Bonchev–Trinajstić information content (AvgIpc) is 2.97. The van der Waals surface area contributed by atoms with Gasteiger partial charge in [0.15, 0.2) is 0 Å². The molecule has 1 N–H and O–H groups in total. The minimum atomic E-state index is -0.443. The first-order chi connectivity index (χ1) is 14.8. The highest BCUT2D eigenvalue weighted by Gasteiger charge is 2.39. The predicted molar refractivity (Wildman–Crippen MR) is 120 cm³/mol. The van der Waals surface area contributed by atoms with E-state index in [4.69, 9.17) is 11.6 Å². The number of rotatable bonds is 5. The third-order valence-corrected chi connectivity index (χ3v) is 5.61. The minimum Gasteiger partial charge on any atom is -0.350 e. The van der Waals surface area contributed by atoms with Crippen LogP contribution in [0.5, 0.6) is 0 Å². The van der Waals surface area contributed by atoms with E-state index in [9.17, 15) is 14.0 Å². The van der Waals surface area contributed by atoms with Crippen molar-refractivity contribution in [2.24, 2.45) is 0 Å². The zero-order chi connectivity index (χ0) is 22.1. The average molecular weight is 435 g/mol. The Morgan fingerprint density at radius 3 is 2.23 bits per heavy atom. The van der Waals surface area contributed by atoms with E-state index in [2.05, 4.69) is 5.32 Å². The number of nitrogens with zero attached hydrogens (tertiary/aromatic N) is 1. The van der Waals surface area contributed by atoms with Crippen LogP contribution in [0.3, 0.4) is 0 Å². The van der Waals surface area contributed by atoms with Gasteiger partial charge in [-0.15, -0.1) is 0 Å². The number of anilines is 1. The molecule has 0 spiro atoms. The van der Waals surface area contributed by atoms with E-state index in [1.54, 1.807) is 24.3 Å². The lowest BCUT2D eigenvalue weighted by Gasteiger charge is -2.15. The molecular formula is C25H20ClFN2O2. The summed E-state index contributed by atoms with van der Waals surface area (Å²) in [5.41, 5.74) is 4.35. The fourth-order valence-corrected chi connectivity index (χ4v) is 3.59. The highest BCUT2D eigenvalue weighted by molar-refractivity contribution is 6.36. The molecule has 4 nitrogen and oxygen atoms in total. The van der Waals surface area contributed by atoms with Gasteiger partial charge in [0, 0.05) is 10.7 Å². The van der Waals surface area contributed by atoms with Gasteiger partial charge in [-0.1, -0.05) is 59.6 Å². The van der Waals surface area contributed by atoms with Gasteiger partial charge in [0.2, 0.25) is 0 Å². The Bertz CT molecular complexity index is 1200. The maximum atomic E-state index is 13.3. The summed E-state index contributed by atoms with van der Waals surface area (Å²) in [6, 6.07) is 18.5. The zero-order valence-corrected chi connectivity index (χ0v) is 17.8. The van der Waals surface area contributed by atoms with Crippen molar-refractivity contribution < 1.29 is 14.0 Å². The molecule has 0 atom stereocenters. The summed E-state index contributed by atoms with van der Waals surface area (Å²) >= 11 is 6.23. The molecule has 4 rings (SSSR count). The molecular weight excluding hydrogens is 415 g/mol. The maximum absolute atomic E-state index is 13.3. The van der Waals surface area contributed by atoms with Crippen LogP contribution in [0.1, 0.15) is 22.3 Å². The van der Waals surface area contributed by atoms with E-state index in [-0.39, 0.29) is 18.1 Å². The number of carbonyl (C=O) groups is 2. The molecule has 2 amide bonds. The molecule has 0 aromatic heterocycles. The minimum absolute atomic E-state index is 0.0488. The molecule has 1 aliphatic heterocycles. The van der Waals surface area contributed by atoms with Crippen LogP contribution in [0, 0.1) is 19.7 Å². The molecule has 0 fully saturated rings. The number of nitrogens with one attached hydrogen (secondary N) is 1. The highest BCUT2D eigenvalue weighted by atomic mass is 35.5. The third-order valence-electron chi connectivity index (χ3n) is 5.20. The predicted octanol–water partition coefficient (Wildman–Crippen LogP) is 5.49. The van der Waals surface area contributed by atoms with Gasteiger partial charge in [0.25, 0.3) is 11.8 Å². The number of hydrogen-bond acceptors (Lipinski definition) is 3. The molecule has 0 bridgehead atoms. The first-order valence-corrected chi connectivity index (χ1v) is 10.2. The van der Waals surface area contributed by atoms with Gasteiger partial charge in [-0.2, -0.15) is 0 Å². The van der Waals surface area contributed by atoms with Crippen molar-refractivity contribution in [3.63, 3.8) is 0 Å². The number of amides is 2. The fraction of sp³-hybridized carbons (Fsp3) is 0.120. The van der Waals surface area contributed by atoms with Crippen molar-refractivity contribution in [3.05, 3.63) is 106 Å². The summed E-state index contributed by atoms with van der Waals surface area (Å²) in [5, 5.41) is 3.66. The van der Waals surface area contributed by atoms with Crippen LogP contribution >= 0.6 is 11.6 Å². The summed E-state index contributed by atoms with van der Waals surface area (Å²) in [5.74, 6) is -1.22. The Labute approximate surface area is 185 Å². The second-order valence-electron chi connectivity index (χ2n) is 7.53. The summed E-state index contributed by atoms with van der Waals surface area (Å²) in [6.45, 7) is 3.89. The Morgan fingerprint density at radius 1 is 0.903 bits per heavy atom. The van der Waals surface area contributed by atoms with Gasteiger partial charge in [0.1, 0.15) is 11.5 Å². The number of imide groups is 1. The van der Waals surface area contributed by atoms with Crippen LogP contribution in [0.25, 0.3) is 5.57 Å². The molecule has 1 heterocycles. The third kappa shape index (κ3) is 4.23. The van der Waals surface area contributed by atoms with Crippen molar-refractivity contribution in [3.8, 4) is 0 Å². The maximum Gasteiger partial charge on any atom is 0.278 e. The quantitative estimate of drug-likeness (QED) is 0.540. The van der Waals surface area contributed by atoms with Crippen molar-refractivity contribution in [1.82, 2.24) is 4.90 Å². The topological polar surface area (TPSA) is 49.4 Å². The monoisotopic (exact) mass is 434 g/mol. The molecule has 0 unspecified atom stereocenters. The molecule has 0 radical (unpaired) electrons. The Balaban J connectivity index is 1.74. The molecule has 1 aliphatic rings. The standard InChI is InChI=1S/C25H20ClFN2O2/c1-15-3-8-18(9-4-15)22-23(28-20-12-5-16(2)21(26)13-20)25(31)29(24(22)30)14-17-6-10-19(27)11-7-17/h3-13,28H,14H2,1-2H3. The van der Waals surface area contributed by atoms with E-state index < -0.39 is 11.8 Å². The first kappa shape index (κ1) is 20.8. The van der Waals surface area contributed by atoms with Crippen LogP contribution in [-0.4, -0.2) is 16.7 Å². The SMILES string of the molecule is Cc1ccc(C2=C(Nc3ccc(C)c(Cl)c3)C(=O)N(Cc3ccc(F)cc3)C2=O)cc1. The Hall–Kier alpha value is -3.44. The fourth-order valence-electron chi connectivity index (χ4n) is 3.41. The smallest absolute Gasteiger partial charge is 0.278 e. The second kappa shape index (κ2) is 8.36. The van der Waals surface area contributed by atoms with Crippen LogP contribution in [-0.2, 0) is 16.1 Å². The van der Waals surface area contributed by atoms with Gasteiger partial charge < -0.3 is 5.32 Å². The molecule has 0 saturated heterocycles. The van der Waals surface area contributed by atoms with Gasteiger partial charge in [-0.3, -0.25) is 14.5 Å². The lowest BCUT2D eigenvalue weighted by Crippen LogP contribution is -2.32. The van der Waals surface area contributed by atoms with Gasteiger partial charge in [0.05, 0.1) is 12.1 Å². The normalized spacial score (nSPS) is 13.9. The Kier molecular flexibility index (Phi) is 5.61. The number of halogens is 2. The molecule has 6 heteroatoms. The van der Waals surface area contributed by atoms with Crippen molar-refractivity contribution in [2.45, 2.75) is 20.4 Å². The van der Waals surface area contributed by atoms with E-state index in [1.807, 2.05) is 44.2 Å². The largest absolute Gasteiger partial charge is 0.350 e. The van der Waals surface area contributed by atoms with E-state index in [1.165, 1.54) is 17.0 Å². The van der Waals surface area contributed by atoms with Crippen LogP contribution < -0.4 is 5.32 Å². The van der Waals surface area contributed by atoms with Crippen molar-refractivity contribution in [1.29, 1.82) is 0 Å². The summed E-state index contributed by atoms with van der Waals surface area (Å²) < 4.78 is 13.3. The lowest BCUT2D eigenvalue weighted by molar-refractivity contribution is -0.137. The van der Waals surface area contributed by atoms with Crippen LogP contribution in [0.15, 0.2) is 72.4 Å². The van der Waals surface area contributed by atoms with Gasteiger partial charge >= 0.3 is 0 Å². The molecule has 3 aromatic rings. The van der Waals surface area contributed by atoms with Crippen LogP contribution in [0.2, 0.25) is 5.02 Å². The number of carbonyl (C=O) groups excluding carboxylic acids is 2. The van der Waals surface area contributed by atoms with E-state index >= 15 is 0 Å². The van der Waals surface area contributed by atoms with Gasteiger partial charge in [-0.05, 0) is 54.8 Å². The molecule has 156 valence electrons. The first-order valence-electron chi connectivity index (χ1n) is 9.78. The molecule has 0 aliphatic carbocycles. The van der Waals surface area contributed by atoms with E-state index in [0.717, 1.165) is 11.1 Å². The van der Waals surface area contributed by atoms with Crippen molar-refractivity contribution >= 4 is 34.7 Å². The number of hydrogen-bond donors (Lipinski definition) is 1. The van der Waals surface area contributed by atoms with Crippen LogP contribution in [0.4, 0.5) is 10.1 Å². The Morgan fingerprint density at radius 2 is 1.58 bits per heavy atom. The summed E-state index contributed by atoms with van der Waals surface area (Å²) in [6.07, 6.45) is 0. The number of benzene rings is 3. The van der Waals surface area contributed by atoms with Crippen molar-refractivity contribution in [2.75, 3.05) is 5.32 Å². The molecule has 3 aromatic carbocycles. The zero-order valence-electron chi connectivity index (χ0n) is 17.1. The summed E-state index contributed by atoms with van der Waals surface area (Å²) in [4.78, 5) is 27.7. The lowest BCUT2D eigenvalue weighted by atomic mass is 10.0. The highest BCUT2D eigenvalue weighted by Crippen LogP contribution is 2.32. The molecule has 0 saturated carbocycles. The van der Waals surface area contributed by atoms with Gasteiger partial charge in [-0.25, -0.2) is 4.39 Å². The van der Waals surface area contributed by atoms with E-state index in [0.29, 0.717) is 27.4 Å².